The Balaban J connectivity index is 0.00000364. The van der Waals surface area contributed by atoms with Gasteiger partial charge < -0.3 is 19.7 Å². The van der Waals surface area contributed by atoms with Gasteiger partial charge in [-0.05, 0) is 39.2 Å². The molecule has 1 aromatic rings. The smallest absolute Gasteiger partial charge is 0.308 e. The lowest BCUT2D eigenvalue weighted by molar-refractivity contribution is -0.146. The number of aromatic nitrogens is 1. The predicted octanol–water partition coefficient (Wildman–Crippen LogP) is 2.84. The van der Waals surface area contributed by atoms with Gasteiger partial charge in [-0.2, -0.15) is 0 Å². The van der Waals surface area contributed by atoms with Crippen LogP contribution in [0.3, 0.4) is 0 Å². The van der Waals surface area contributed by atoms with E-state index < -0.39 is 0 Å². The summed E-state index contributed by atoms with van der Waals surface area (Å²) in [6.07, 6.45) is 3.49. The fourth-order valence-electron chi connectivity index (χ4n) is 2.90. The van der Waals surface area contributed by atoms with Gasteiger partial charge in [0.15, 0.2) is 5.96 Å². The zero-order chi connectivity index (χ0) is 18.9. The average Bonchev–Trinajstić information content (AvgIpc) is 2.65. The van der Waals surface area contributed by atoms with Gasteiger partial charge in [0.25, 0.3) is 0 Å². The van der Waals surface area contributed by atoms with Gasteiger partial charge in [-0.15, -0.1) is 24.0 Å². The second kappa shape index (κ2) is 12.0. The quantitative estimate of drug-likeness (QED) is 0.286. The molecule has 1 saturated heterocycles. The Labute approximate surface area is 178 Å². The Morgan fingerprint density at radius 3 is 2.59 bits per heavy atom. The van der Waals surface area contributed by atoms with Crippen LogP contribution in [0.15, 0.2) is 23.3 Å². The Kier molecular flexibility index (Phi) is 10.4. The third kappa shape index (κ3) is 7.51. The highest BCUT2D eigenvalue weighted by molar-refractivity contribution is 14.0. The largest absolute Gasteiger partial charge is 0.475 e. The lowest BCUT2D eigenvalue weighted by atomic mass is 9.97. The summed E-state index contributed by atoms with van der Waals surface area (Å²) in [5, 5.41) is 3.33. The second-order valence-electron chi connectivity index (χ2n) is 6.63. The van der Waals surface area contributed by atoms with Gasteiger partial charge in [0.1, 0.15) is 0 Å². The molecule has 8 heteroatoms. The van der Waals surface area contributed by atoms with Crippen molar-refractivity contribution in [3.63, 3.8) is 0 Å². The summed E-state index contributed by atoms with van der Waals surface area (Å²) in [6, 6.07) is 3.86. The summed E-state index contributed by atoms with van der Waals surface area (Å²) >= 11 is 0. The van der Waals surface area contributed by atoms with Crippen LogP contribution in [0.2, 0.25) is 0 Å². The van der Waals surface area contributed by atoms with Crippen molar-refractivity contribution in [1.29, 1.82) is 0 Å². The van der Waals surface area contributed by atoms with Crippen molar-refractivity contribution in [1.82, 2.24) is 15.2 Å². The van der Waals surface area contributed by atoms with Crippen LogP contribution in [0.5, 0.6) is 5.88 Å². The van der Waals surface area contributed by atoms with E-state index in [0.717, 1.165) is 44.0 Å². The molecule has 7 nitrogen and oxygen atoms in total. The Morgan fingerprint density at radius 2 is 2.07 bits per heavy atom. The number of esters is 1. The zero-order valence-corrected chi connectivity index (χ0v) is 18.9. The maximum Gasteiger partial charge on any atom is 0.308 e. The van der Waals surface area contributed by atoms with Gasteiger partial charge in [-0.3, -0.25) is 4.79 Å². The van der Waals surface area contributed by atoms with E-state index in [2.05, 4.69) is 22.1 Å². The van der Waals surface area contributed by atoms with E-state index in [9.17, 15) is 4.79 Å². The molecule has 1 aromatic heterocycles. The number of hydrogen-bond acceptors (Lipinski definition) is 5. The number of likely N-dealkylation sites (tertiary alicyclic amines) is 1. The molecule has 0 unspecified atom stereocenters. The van der Waals surface area contributed by atoms with Gasteiger partial charge >= 0.3 is 5.97 Å². The Hall–Kier alpha value is -1.58. The summed E-state index contributed by atoms with van der Waals surface area (Å²) in [4.78, 5) is 22.9. The monoisotopic (exact) mass is 490 g/mol. The molecule has 1 N–H and O–H groups in total. The highest BCUT2D eigenvalue weighted by Gasteiger charge is 2.26. The van der Waals surface area contributed by atoms with Crippen molar-refractivity contribution in [2.45, 2.75) is 46.3 Å². The number of hydrogen-bond donors (Lipinski definition) is 1. The van der Waals surface area contributed by atoms with Crippen LogP contribution >= 0.6 is 24.0 Å². The van der Waals surface area contributed by atoms with Crippen molar-refractivity contribution in [2.24, 2.45) is 10.9 Å². The minimum absolute atomic E-state index is 0. The first kappa shape index (κ1) is 23.5. The van der Waals surface area contributed by atoms with Crippen LogP contribution in [-0.4, -0.2) is 54.7 Å². The molecule has 0 aromatic carbocycles. The zero-order valence-electron chi connectivity index (χ0n) is 16.6. The number of ether oxygens (including phenoxy) is 2. The summed E-state index contributed by atoms with van der Waals surface area (Å²) in [5.74, 6) is 1.39. The molecule has 152 valence electrons. The predicted molar refractivity (Wildman–Crippen MR) is 117 cm³/mol. The van der Waals surface area contributed by atoms with Crippen LogP contribution in [-0.2, 0) is 16.1 Å². The highest BCUT2D eigenvalue weighted by atomic mass is 127. The molecular weight excluding hydrogens is 459 g/mol. The first-order valence-corrected chi connectivity index (χ1v) is 9.26. The molecule has 0 amide bonds. The topological polar surface area (TPSA) is 76.1 Å². The molecule has 27 heavy (non-hydrogen) atoms. The van der Waals surface area contributed by atoms with Crippen molar-refractivity contribution >= 4 is 35.9 Å². The highest BCUT2D eigenvalue weighted by Crippen LogP contribution is 2.18. The molecule has 2 rings (SSSR count). The first-order valence-electron chi connectivity index (χ1n) is 9.26. The van der Waals surface area contributed by atoms with Crippen LogP contribution in [0, 0.1) is 5.92 Å². The van der Waals surface area contributed by atoms with E-state index in [1.54, 1.807) is 6.20 Å². The minimum atomic E-state index is -0.110. The summed E-state index contributed by atoms with van der Waals surface area (Å²) in [7, 11) is 1.45. The molecule has 1 fully saturated rings. The molecule has 2 heterocycles. The minimum Gasteiger partial charge on any atom is -0.475 e. The molecule has 0 bridgehead atoms. The number of rotatable bonds is 6. The van der Waals surface area contributed by atoms with Crippen LogP contribution in [0.1, 0.15) is 39.2 Å². The Morgan fingerprint density at radius 1 is 1.37 bits per heavy atom. The van der Waals surface area contributed by atoms with E-state index in [1.807, 2.05) is 26.0 Å². The molecule has 0 atom stereocenters. The van der Waals surface area contributed by atoms with Crippen molar-refractivity contribution in [2.75, 3.05) is 26.7 Å². The lowest BCUT2D eigenvalue weighted by Gasteiger charge is -2.33. The normalized spacial score (nSPS) is 15.3. The van der Waals surface area contributed by atoms with Crippen molar-refractivity contribution in [3.8, 4) is 5.88 Å². The number of nitrogens with zero attached hydrogens (tertiary/aromatic N) is 3. The van der Waals surface area contributed by atoms with E-state index in [4.69, 9.17) is 14.5 Å². The number of carbonyl (C=O) groups is 1. The maximum absolute atomic E-state index is 11.7. The van der Waals surface area contributed by atoms with Crippen molar-refractivity contribution < 1.29 is 14.3 Å². The average molecular weight is 490 g/mol. The van der Waals surface area contributed by atoms with Gasteiger partial charge in [0, 0.05) is 31.9 Å². The maximum atomic E-state index is 11.7. The third-order valence-electron chi connectivity index (χ3n) is 4.23. The number of halogens is 1. The van der Waals surface area contributed by atoms with E-state index in [1.165, 1.54) is 7.11 Å². The molecule has 1 aliphatic heterocycles. The molecular formula is C19H31IN4O3. The number of piperidine rings is 1. The molecule has 0 spiro atoms. The number of aliphatic imine (C=N–C) groups is 1. The number of pyridine rings is 1. The number of carbonyl (C=O) groups excluding carboxylic acids is 1. The van der Waals surface area contributed by atoms with E-state index >= 15 is 0 Å². The number of methoxy groups -OCH3 is 1. The standard InChI is InChI=1S/C19H30N4O3.HI/c1-5-20-19(23-10-8-16(9-11-23)18(24)25-4)22-13-15-6-7-17(21-12-15)26-14(2)3;/h6-7,12,14,16H,5,8-11,13H2,1-4H3,(H,20,22);1H. The van der Waals surface area contributed by atoms with Crippen LogP contribution in [0.25, 0.3) is 0 Å². The van der Waals surface area contributed by atoms with Gasteiger partial charge in [-0.1, -0.05) is 6.07 Å². The molecule has 0 aliphatic carbocycles. The first-order chi connectivity index (χ1) is 12.5. The van der Waals surface area contributed by atoms with Gasteiger partial charge in [-0.25, -0.2) is 9.98 Å². The van der Waals surface area contributed by atoms with E-state index in [0.29, 0.717) is 12.4 Å². The van der Waals surface area contributed by atoms with Crippen molar-refractivity contribution in [3.05, 3.63) is 23.9 Å². The van der Waals surface area contributed by atoms with Gasteiger partial charge in [0.2, 0.25) is 5.88 Å². The van der Waals surface area contributed by atoms with Crippen LogP contribution in [0.4, 0.5) is 0 Å². The summed E-state index contributed by atoms with van der Waals surface area (Å²) < 4.78 is 10.4. The van der Waals surface area contributed by atoms with E-state index in [-0.39, 0.29) is 42.0 Å². The number of guanidine groups is 1. The molecule has 0 radical (unpaired) electrons. The fraction of sp³-hybridized carbons (Fsp3) is 0.632. The molecule has 1 aliphatic rings. The lowest BCUT2D eigenvalue weighted by Crippen LogP contribution is -2.46. The SMILES string of the molecule is CCNC(=NCc1ccc(OC(C)C)nc1)N1CCC(C(=O)OC)CC1.I. The third-order valence-corrected chi connectivity index (χ3v) is 4.23. The molecule has 0 saturated carbocycles. The second-order valence-corrected chi connectivity index (χ2v) is 6.63. The van der Waals surface area contributed by atoms with Crippen LogP contribution < -0.4 is 10.1 Å². The summed E-state index contributed by atoms with van der Waals surface area (Å²) in [5.41, 5.74) is 1.03. The van der Waals surface area contributed by atoms with Gasteiger partial charge in [0.05, 0.1) is 25.7 Å². The number of nitrogens with one attached hydrogen (secondary N) is 1. The summed E-state index contributed by atoms with van der Waals surface area (Å²) in [6.45, 7) is 8.95. The fourth-order valence-corrected chi connectivity index (χ4v) is 2.90. The Bertz CT molecular complexity index is 599.